The molecule has 2 N–H and O–H groups in total. The van der Waals surface area contributed by atoms with Crippen molar-refractivity contribution in [2.45, 2.75) is 25.4 Å². The lowest BCUT2D eigenvalue weighted by Gasteiger charge is -2.25. The minimum Gasteiger partial charge on any atom is -0.458 e. The fourth-order valence-corrected chi connectivity index (χ4v) is 3.32. The van der Waals surface area contributed by atoms with E-state index in [0.717, 1.165) is 32.3 Å². The van der Waals surface area contributed by atoms with Gasteiger partial charge in [0.1, 0.15) is 12.1 Å². The van der Waals surface area contributed by atoms with E-state index < -0.39 is 22.5 Å². The summed E-state index contributed by atoms with van der Waals surface area (Å²) in [5.41, 5.74) is -0.0731. The molecule has 0 radical (unpaired) electrons. The van der Waals surface area contributed by atoms with E-state index in [9.17, 15) is 19.3 Å². The lowest BCUT2D eigenvalue weighted by Crippen LogP contribution is -2.29. The highest BCUT2D eigenvalue weighted by atomic mass is 19.1. The monoisotopic (exact) mass is 389 g/mol. The van der Waals surface area contributed by atoms with Crippen molar-refractivity contribution >= 4 is 23.7 Å². The van der Waals surface area contributed by atoms with Gasteiger partial charge < -0.3 is 15.4 Å². The van der Waals surface area contributed by atoms with Gasteiger partial charge in [-0.2, -0.15) is 0 Å². The zero-order valence-electron chi connectivity index (χ0n) is 15.0. The Labute approximate surface area is 160 Å². The Morgan fingerprint density at radius 2 is 2.18 bits per heavy atom. The summed E-state index contributed by atoms with van der Waals surface area (Å²) in [6, 6.07) is 5.49. The summed E-state index contributed by atoms with van der Waals surface area (Å²) >= 11 is 0. The van der Waals surface area contributed by atoms with Gasteiger partial charge in [0.15, 0.2) is 11.8 Å². The van der Waals surface area contributed by atoms with Crippen LogP contribution in [0.15, 0.2) is 30.6 Å². The molecule has 0 aliphatic carbocycles. The summed E-state index contributed by atoms with van der Waals surface area (Å²) in [5.74, 6) is -0.333. The lowest BCUT2D eigenvalue weighted by atomic mass is 9.90. The van der Waals surface area contributed by atoms with Gasteiger partial charge in [0.25, 0.3) is 6.47 Å². The first-order valence-corrected chi connectivity index (χ1v) is 8.90. The topological polar surface area (TPSA) is 119 Å². The highest BCUT2D eigenvalue weighted by Gasteiger charge is 2.32. The molecule has 28 heavy (non-hydrogen) atoms. The van der Waals surface area contributed by atoms with Crippen LogP contribution in [0, 0.1) is 21.8 Å². The average Bonchev–Trinajstić information content (AvgIpc) is 2.68. The molecule has 0 spiro atoms. The number of aromatic nitrogens is 2. The van der Waals surface area contributed by atoms with Crippen LogP contribution in [-0.4, -0.2) is 34.5 Å². The minimum absolute atomic E-state index is 0.0181. The van der Waals surface area contributed by atoms with Crippen LogP contribution >= 0.6 is 0 Å². The first-order valence-electron chi connectivity index (χ1n) is 8.90. The van der Waals surface area contributed by atoms with Crippen molar-refractivity contribution in [2.24, 2.45) is 5.92 Å². The Balaban J connectivity index is 1.93. The predicted octanol–water partition coefficient (Wildman–Crippen LogP) is 2.87. The van der Waals surface area contributed by atoms with Crippen molar-refractivity contribution < 1.29 is 18.8 Å². The number of nitrogens with one attached hydrogen (secondary N) is 2. The molecule has 1 saturated heterocycles. The van der Waals surface area contributed by atoms with Gasteiger partial charge in [-0.25, -0.2) is 14.4 Å². The van der Waals surface area contributed by atoms with Gasteiger partial charge in [-0.1, -0.05) is 6.07 Å². The molecule has 1 atom stereocenters. The van der Waals surface area contributed by atoms with Crippen LogP contribution in [-0.2, 0) is 9.53 Å². The fourth-order valence-electron chi connectivity index (χ4n) is 3.32. The molecule has 3 rings (SSSR count). The van der Waals surface area contributed by atoms with Gasteiger partial charge in [-0.05, 0) is 56.5 Å². The lowest BCUT2D eigenvalue weighted by molar-refractivity contribution is -0.385. The second kappa shape index (κ2) is 9.18. The van der Waals surface area contributed by atoms with Crippen molar-refractivity contribution in [2.75, 3.05) is 18.4 Å². The number of hydrogen-bond donors (Lipinski definition) is 2. The molecule has 2 aromatic rings. The highest BCUT2D eigenvalue weighted by molar-refractivity contribution is 5.67. The first kappa shape index (κ1) is 19.6. The number of piperidine rings is 1. The third-order valence-electron chi connectivity index (χ3n) is 4.65. The van der Waals surface area contributed by atoms with Gasteiger partial charge in [-0.3, -0.25) is 14.9 Å². The van der Waals surface area contributed by atoms with E-state index in [1.54, 1.807) is 6.07 Å². The molecule has 1 aliphatic heterocycles. The molecule has 0 amide bonds. The van der Waals surface area contributed by atoms with Gasteiger partial charge in [0, 0.05) is 5.69 Å². The number of hydrogen-bond acceptors (Lipinski definition) is 8. The summed E-state index contributed by atoms with van der Waals surface area (Å²) < 4.78 is 18.6. The number of benzene rings is 1. The van der Waals surface area contributed by atoms with Crippen LogP contribution in [0.1, 0.15) is 31.1 Å². The number of halogens is 1. The second-order valence-electron chi connectivity index (χ2n) is 6.50. The van der Waals surface area contributed by atoms with E-state index in [4.69, 9.17) is 4.74 Å². The van der Waals surface area contributed by atoms with E-state index >= 15 is 0 Å². The number of carbonyl (C=O) groups excluding carboxylic acids is 1. The quantitative estimate of drug-likeness (QED) is 0.402. The highest BCUT2D eigenvalue weighted by Crippen LogP contribution is 2.36. The largest absolute Gasteiger partial charge is 0.458 e. The predicted molar refractivity (Wildman–Crippen MR) is 98.5 cm³/mol. The van der Waals surface area contributed by atoms with Crippen molar-refractivity contribution in [3.8, 4) is 0 Å². The molecule has 1 fully saturated rings. The average molecular weight is 389 g/mol. The number of rotatable bonds is 8. The number of anilines is 2. The van der Waals surface area contributed by atoms with Crippen molar-refractivity contribution in [1.29, 1.82) is 0 Å². The molecule has 1 aromatic heterocycles. The Kier molecular flexibility index (Phi) is 6.43. The van der Waals surface area contributed by atoms with E-state index in [1.807, 2.05) is 0 Å². The second-order valence-corrected chi connectivity index (χ2v) is 6.50. The summed E-state index contributed by atoms with van der Waals surface area (Å²) in [7, 11) is 0. The van der Waals surface area contributed by atoms with E-state index in [2.05, 4.69) is 20.6 Å². The third kappa shape index (κ3) is 4.77. The molecular formula is C18H20FN5O4. The Hall–Kier alpha value is -3.14. The fraction of sp³-hybridized carbons (Fsp3) is 0.389. The Morgan fingerprint density at radius 3 is 2.86 bits per heavy atom. The third-order valence-corrected chi connectivity index (χ3v) is 4.65. The zero-order valence-corrected chi connectivity index (χ0v) is 15.0. The molecule has 9 nitrogen and oxygen atoms in total. The molecule has 0 saturated carbocycles. The maximum Gasteiger partial charge on any atom is 0.336 e. The van der Waals surface area contributed by atoms with E-state index in [0.29, 0.717) is 12.1 Å². The van der Waals surface area contributed by atoms with Crippen molar-refractivity contribution in [1.82, 2.24) is 15.3 Å². The molecule has 148 valence electrons. The van der Waals surface area contributed by atoms with E-state index in [1.165, 1.54) is 18.2 Å². The molecule has 1 aliphatic rings. The summed E-state index contributed by atoms with van der Waals surface area (Å²) in [4.78, 5) is 30.1. The summed E-state index contributed by atoms with van der Waals surface area (Å²) in [6.45, 7) is 1.96. The molecule has 2 heterocycles. The molecule has 1 unspecified atom stereocenters. The van der Waals surface area contributed by atoms with Gasteiger partial charge in [0.05, 0.1) is 4.92 Å². The number of carbonyl (C=O) groups is 1. The number of nitro groups is 1. The molecule has 10 heteroatoms. The van der Waals surface area contributed by atoms with Crippen molar-refractivity contribution in [3.05, 3.63) is 52.2 Å². The normalized spacial score (nSPS) is 15.6. The number of nitrogens with zero attached hydrogens (tertiary/aromatic N) is 3. The van der Waals surface area contributed by atoms with Crippen LogP contribution in [0.3, 0.4) is 0 Å². The first-order chi connectivity index (χ1) is 13.6. The van der Waals surface area contributed by atoms with Crippen LogP contribution in [0.4, 0.5) is 21.6 Å². The van der Waals surface area contributed by atoms with Crippen LogP contribution in [0.25, 0.3) is 0 Å². The smallest absolute Gasteiger partial charge is 0.336 e. The van der Waals surface area contributed by atoms with Crippen LogP contribution in [0.2, 0.25) is 0 Å². The van der Waals surface area contributed by atoms with E-state index in [-0.39, 0.29) is 23.9 Å². The Morgan fingerprint density at radius 1 is 1.39 bits per heavy atom. The summed E-state index contributed by atoms with van der Waals surface area (Å²) in [6.07, 6.45) is 2.49. The van der Waals surface area contributed by atoms with Gasteiger partial charge in [0.2, 0.25) is 5.82 Å². The van der Waals surface area contributed by atoms with Crippen molar-refractivity contribution in [3.63, 3.8) is 0 Å². The zero-order chi connectivity index (χ0) is 19.9. The molecule has 1 aromatic carbocycles. The maximum atomic E-state index is 13.4. The van der Waals surface area contributed by atoms with Gasteiger partial charge in [-0.15, -0.1) is 0 Å². The number of ether oxygens (including phenoxy) is 1. The molecular weight excluding hydrogens is 369 g/mol. The Bertz CT molecular complexity index is 844. The minimum atomic E-state index is -0.864. The summed E-state index contributed by atoms with van der Waals surface area (Å²) in [5, 5.41) is 17.8. The van der Waals surface area contributed by atoms with Crippen LogP contribution < -0.4 is 10.6 Å². The van der Waals surface area contributed by atoms with Gasteiger partial charge >= 0.3 is 5.69 Å². The molecule has 0 bridgehead atoms. The standard InChI is InChI=1S/C18H20FN5O4/c19-13-2-1-3-14(9-13)23-18-17(24(26)27)16(21-10-22-18)15(28-11-25)8-12-4-6-20-7-5-12/h1-3,9-12,15,20H,4-8H2,(H,21,22,23). The maximum absolute atomic E-state index is 13.4. The SMILES string of the molecule is O=COC(CC1CCNCC1)c1ncnc(Nc2cccc(F)c2)c1[N+](=O)[O-]. The van der Waals surface area contributed by atoms with Crippen LogP contribution in [0.5, 0.6) is 0 Å².